The van der Waals surface area contributed by atoms with Crippen molar-refractivity contribution in [1.82, 2.24) is 9.99 Å². The zero-order valence-corrected chi connectivity index (χ0v) is 13.0. The summed E-state index contributed by atoms with van der Waals surface area (Å²) in [6.07, 6.45) is 0. The summed E-state index contributed by atoms with van der Waals surface area (Å²) in [6.45, 7) is 4.29. The quantitative estimate of drug-likeness (QED) is 0.867. The smallest absolute Gasteiger partial charge is 0.269 e. The average Bonchev–Trinajstić information content (AvgIpc) is 2.56. The zero-order chi connectivity index (χ0) is 16.4. The van der Waals surface area contributed by atoms with E-state index in [1.54, 1.807) is 4.68 Å². The van der Waals surface area contributed by atoms with Crippen LogP contribution >= 0.6 is 0 Å². The number of carbonyl (C=O) groups is 1. The van der Waals surface area contributed by atoms with Crippen molar-refractivity contribution >= 4 is 5.91 Å². The van der Waals surface area contributed by atoms with Crippen LogP contribution in [0.4, 0.5) is 0 Å². The number of aromatic nitrogens is 1. The third kappa shape index (κ3) is 2.85. The number of nitrogens with zero attached hydrogens (tertiary/aromatic N) is 2. The van der Waals surface area contributed by atoms with Crippen molar-refractivity contribution in [3.63, 3.8) is 0 Å². The van der Waals surface area contributed by atoms with Crippen molar-refractivity contribution in [3.05, 3.63) is 58.4 Å². The van der Waals surface area contributed by atoms with Crippen molar-refractivity contribution in [2.24, 2.45) is 5.73 Å². The van der Waals surface area contributed by atoms with Gasteiger partial charge in [-0.15, -0.1) is 0 Å². The number of hydrogen-bond acceptors (Lipinski definition) is 4. The van der Waals surface area contributed by atoms with E-state index >= 15 is 0 Å². The Balaban J connectivity index is 2.27. The van der Waals surface area contributed by atoms with Gasteiger partial charge in [0.25, 0.3) is 11.5 Å². The normalized spacial score (nSPS) is 18.0. The first-order valence-electron chi connectivity index (χ1n) is 7.68. The number of nitrogens with two attached hydrogens (primary N) is 1. The van der Waals surface area contributed by atoms with Crippen molar-refractivity contribution in [2.45, 2.75) is 13.0 Å². The molecule has 0 spiro atoms. The van der Waals surface area contributed by atoms with Crippen LogP contribution in [0, 0.1) is 0 Å². The Hall–Kier alpha value is -2.60. The molecule has 1 aromatic carbocycles. The standard InChI is InChI=1S/C17H20N4O2/c1-12-11-19-9-10-20(12)21-15(22)8-7-14(17(18)23)16(21)13-5-3-2-4-6-13/h2-8,12,19H,9-11H2,1H3,(H2,18,23). The molecule has 1 atom stereocenters. The van der Waals surface area contributed by atoms with Gasteiger partial charge in [0.15, 0.2) is 0 Å². The van der Waals surface area contributed by atoms with Gasteiger partial charge in [0.1, 0.15) is 0 Å². The van der Waals surface area contributed by atoms with Crippen LogP contribution in [0.1, 0.15) is 17.3 Å². The molecule has 23 heavy (non-hydrogen) atoms. The van der Waals surface area contributed by atoms with Crippen LogP contribution in [0.25, 0.3) is 11.3 Å². The Labute approximate surface area is 134 Å². The number of rotatable bonds is 3. The number of hydrogen-bond donors (Lipinski definition) is 2. The monoisotopic (exact) mass is 312 g/mol. The molecular formula is C17H20N4O2. The lowest BCUT2D eigenvalue weighted by Gasteiger charge is -2.38. The summed E-state index contributed by atoms with van der Waals surface area (Å²) >= 11 is 0. The van der Waals surface area contributed by atoms with E-state index in [0.29, 0.717) is 17.8 Å². The maximum atomic E-state index is 12.6. The number of nitrogens with one attached hydrogen (secondary N) is 1. The van der Waals surface area contributed by atoms with Crippen LogP contribution in [0.3, 0.4) is 0 Å². The molecule has 1 amide bonds. The molecule has 120 valence electrons. The van der Waals surface area contributed by atoms with E-state index in [-0.39, 0.29) is 11.6 Å². The lowest BCUT2D eigenvalue weighted by Crippen LogP contribution is -2.58. The van der Waals surface area contributed by atoms with Crippen molar-refractivity contribution in [1.29, 1.82) is 0 Å². The Morgan fingerprint density at radius 2 is 1.96 bits per heavy atom. The highest BCUT2D eigenvalue weighted by Gasteiger charge is 2.24. The van der Waals surface area contributed by atoms with Gasteiger partial charge in [0, 0.05) is 31.3 Å². The van der Waals surface area contributed by atoms with Crippen LogP contribution in [-0.4, -0.2) is 36.3 Å². The van der Waals surface area contributed by atoms with Crippen molar-refractivity contribution in [2.75, 3.05) is 24.6 Å². The van der Waals surface area contributed by atoms with Gasteiger partial charge in [-0.2, -0.15) is 0 Å². The number of benzene rings is 1. The van der Waals surface area contributed by atoms with Gasteiger partial charge in [-0.05, 0) is 13.0 Å². The van der Waals surface area contributed by atoms with Crippen LogP contribution in [0.15, 0.2) is 47.3 Å². The molecule has 1 aliphatic rings. The summed E-state index contributed by atoms with van der Waals surface area (Å²) in [6, 6.07) is 12.5. The third-order valence-corrected chi connectivity index (χ3v) is 4.10. The molecule has 1 fully saturated rings. The fourth-order valence-corrected chi connectivity index (χ4v) is 2.98. The van der Waals surface area contributed by atoms with Gasteiger partial charge in [-0.3, -0.25) is 9.59 Å². The summed E-state index contributed by atoms with van der Waals surface area (Å²) in [4.78, 5) is 24.5. The predicted octanol–water partition coefficient (Wildman–Crippen LogP) is 0.544. The van der Waals surface area contributed by atoms with E-state index in [2.05, 4.69) is 5.32 Å². The molecule has 6 nitrogen and oxygen atoms in total. The second-order valence-corrected chi connectivity index (χ2v) is 5.69. The van der Waals surface area contributed by atoms with E-state index in [1.807, 2.05) is 42.3 Å². The lowest BCUT2D eigenvalue weighted by molar-refractivity contribution is 0.1000. The van der Waals surface area contributed by atoms with Gasteiger partial charge in [-0.25, -0.2) is 4.68 Å². The van der Waals surface area contributed by atoms with Crippen molar-refractivity contribution < 1.29 is 4.79 Å². The van der Waals surface area contributed by atoms with Gasteiger partial charge >= 0.3 is 0 Å². The summed E-state index contributed by atoms with van der Waals surface area (Å²) in [5, 5.41) is 5.30. The first kappa shape index (κ1) is 15.3. The lowest BCUT2D eigenvalue weighted by atomic mass is 10.0. The minimum atomic E-state index is -0.541. The third-order valence-electron chi connectivity index (χ3n) is 4.10. The molecule has 1 saturated heterocycles. The number of amides is 1. The molecule has 0 aliphatic carbocycles. The van der Waals surface area contributed by atoms with Gasteiger partial charge in [-0.1, -0.05) is 30.3 Å². The molecule has 3 N–H and O–H groups in total. The maximum Gasteiger partial charge on any atom is 0.269 e. The minimum Gasteiger partial charge on any atom is -0.366 e. The molecule has 0 radical (unpaired) electrons. The second-order valence-electron chi connectivity index (χ2n) is 5.69. The highest BCUT2D eigenvalue weighted by atomic mass is 16.1. The summed E-state index contributed by atoms with van der Waals surface area (Å²) in [5.74, 6) is -0.541. The molecule has 1 aromatic heterocycles. The average molecular weight is 312 g/mol. The van der Waals surface area contributed by atoms with Gasteiger partial charge < -0.3 is 16.1 Å². The molecule has 2 aromatic rings. The molecule has 1 aliphatic heterocycles. The molecule has 6 heteroatoms. The van der Waals surface area contributed by atoms with Crippen LogP contribution in [-0.2, 0) is 0 Å². The SMILES string of the molecule is CC1CNCCN1n1c(-c2ccccc2)c(C(N)=O)ccc1=O. The fourth-order valence-electron chi connectivity index (χ4n) is 2.98. The molecule has 2 heterocycles. The number of carbonyl (C=O) groups excluding carboxylic acids is 1. The summed E-state index contributed by atoms with van der Waals surface area (Å²) < 4.78 is 1.60. The highest BCUT2D eigenvalue weighted by Crippen LogP contribution is 2.23. The zero-order valence-electron chi connectivity index (χ0n) is 13.0. The van der Waals surface area contributed by atoms with Gasteiger partial charge in [0.05, 0.1) is 17.3 Å². The molecule has 0 saturated carbocycles. The largest absolute Gasteiger partial charge is 0.366 e. The predicted molar refractivity (Wildman–Crippen MR) is 90.1 cm³/mol. The molecule has 0 bridgehead atoms. The summed E-state index contributed by atoms with van der Waals surface area (Å²) in [7, 11) is 0. The molecule has 3 rings (SSSR count). The van der Waals surface area contributed by atoms with E-state index in [9.17, 15) is 9.59 Å². The first-order valence-corrected chi connectivity index (χ1v) is 7.68. The minimum absolute atomic E-state index is 0.132. The second kappa shape index (κ2) is 6.26. The van der Waals surface area contributed by atoms with Crippen LogP contribution in [0.5, 0.6) is 0 Å². The molecular weight excluding hydrogens is 292 g/mol. The number of primary amides is 1. The maximum absolute atomic E-state index is 12.6. The first-order chi connectivity index (χ1) is 11.1. The van der Waals surface area contributed by atoms with E-state index in [4.69, 9.17) is 5.73 Å². The van der Waals surface area contributed by atoms with Crippen LogP contribution in [0.2, 0.25) is 0 Å². The summed E-state index contributed by atoms with van der Waals surface area (Å²) in [5.41, 5.74) is 7.09. The number of pyridine rings is 1. The van der Waals surface area contributed by atoms with Crippen LogP contribution < -0.4 is 21.6 Å². The Bertz CT molecular complexity index is 770. The van der Waals surface area contributed by atoms with E-state index in [0.717, 1.165) is 18.7 Å². The van der Waals surface area contributed by atoms with Gasteiger partial charge in [0.2, 0.25) is 0 Å². The highest BCUT2D eigenvalue weighted by molar-refractivity contribution is 5.99. The van der Waals surface area contributed by atoms with Crippen molar-refractivity contribution in [3.8, 4) is 11.3 Å². The molecule has 1 unspecified atom stereocenters. The van der Waals surface area contributed by atoms with E-state index in [1.165, 1.54) is 12.1 Å². The number of piperazine rings is 1. The Morgan fingerprint density at radius 3 is 2.61 bits per heavy atom. The Kier molecular flexibility index (Phi) is 4.16. The van der Waals surface area contributed by atoms with E-state index < -0.39 is 5.91 Å². The Morgan fingerprint density at radius 1 is 1.22 bits per heavy atom. The topological polar surface area (TPSA) is 80.4 Å². The fraction of sp³-hybridized carbons (Fsp3) is 0.294.